The van der Waals surface area contributed by atoms with E-state index < -0.39 is 0 Å². The largest absolute Gasteiger partial charge is 0.492 e. The molecule has 4 rings (SSSR count). The molecule has 0 N–H and O–H groups in total. The Morgan fingerprint density at radius 3 is 2.58 bits per heavy atom. The summed E-state index contributed by atoms with van der Waals surface area (Å²) >= 11 is 7.07. The highest BCUT2D eigenvalue weighted by Crippen LogP contribution is 2.32. The lowest BCUT2D eigenvalue weighted by atomic mass is 9.88. The number of fused-ring (bicyclic) bond motifs is 1. The molecule has 0 atom stereocenters. The standard InChI is InChI=1S/C26H29Br2N3O2/c1-26(2,3)16-33-23-12-9-17(13-21(23)28)15-29-31-24(18-7-5-4-6-8-18)30-22-11-10-19(27)14-20(22)25(31)32/h9-15,18H,4-8,16H2,1-3H3. The van der Waals surface area contributed by atoms with Gasteiger partial charge in [-0.05, 0) is 76.1 Å². The highest BCUT2D eigenvalue weighted by molar-refractivity contribution is 9.10. The van der Waals surface area contributed by atoms with Gasteiger partial charge in [0.2, 0.25) is 0 Å². The van der Waals surface area contributed by atoms with Gasteiger partial charge in [0.15, 0.2) is 0 Å². The van der Waals surface area contributed by atoms with E-state index in [1.807, 2.05) is 36.4 Å². The number of nitrogens with zero attached hydrogens (tertiary/aromatic N) is 3. The predicted octanol–water partition coefficient (Wildman–Crippen LogP) is 7.28. The van der Waals surface area contributed by atoms with E-state index in [9.17, 15) is 4.79 Å². The number of benzene rings is 2. The third-order valence-electron chi connectivity index (χ3n) is 5.74. The Labute approximate surface area is 211 Å². The molecule has 0 aliphatic heterocycles. The second kappa shape index (κ2) is 10.1. The molecule has 1 saturated carbocycles. The molecule has 0 amide bonds. The van der Waals surface area contributed by atoms with Crippen molar-refractivity contribution >= 4 is 49.0 Å². The smallest absolute Gasteiger partial charge is 0.282 e. The molecular formula is C26H29Br2N3O2. The van der Waals surface area contributed by atoms with E-state index in [0.717, 1.165) is 57.3 Å². The van der Waals surface area contributed by atoms with Gasteiger partial charge in [-0.15, -0.1) is 0 Å². The van der Waals surface area contributed by atoms with Gasteiger partial charge in [-0.25, -0.2) is 4.98 Å². The summed E-state index contributed by atoms with van der Waals surface area (Å²) in [5, 5.41) is 5.19. The van der Waals surface area contributed by atoms with Crippen LogP contribution in [0, 0.1) is 5.41 Å². The minimum Gasteiger partial charge on any atom is -0.492 e. The fraction of sp³-hybridized carbons (Fsp3) is 0.423. The van der Waals surface area contributed by atoms with Gasteiger partial charge >= 0.3 is 0 Å². The van der Waals surface area contributed by atoms with Crippen LogP contribution in [0.25, 0.3) is 10.9 Å². The number of hydrogen-bond acceptors (Lipinski definition) is 4. The second-order valence-electron chi connectivity index (χ2n) is 9.87. The first kappa shape index (κ1) is 24.1. The van der Waals surface area contributed by atoms with Gasteiger partial charge in [0.25, 0.3) is 5.56 Å². The molecule has 1 aromatic heterocycles. The van der Waals surface area contributed by atoms with Crippen LogP contribution in [0.1, 0.15) is 70.2 Å². The summed E-state index contributed by atoms with van der Waals surface area (Å²) in [6.07, 6.45) is 7.35. The summed E-state index contributed by atoms with van der Waals surface area (Å²) in [5.41, 5.74) is 1.54. The fourth-order valence-electron chi connectivity index (χ4n) is 4.04. The monoisotopic (exact) mass is 573 g/mol. The quantitative estimate of drug-likeness (QED) is 0.301. The molecule has 1 fully saturated rings. The van der Waals surface area contributed by atoms with Crippen molar-refractivity contribution in [2.24, 2.45) is 10.5 Å². The highest BCUT2D eigenvalue weighted by atomic mass is 79.9. The van der Waals surface area contributed by atoms with Crippen LogP contribution in [0.4, 0.5) is 0 Å². The topological polar surface area (TPSA) is 56.5 Å². The molecule has 0 saturated heterocycles. The van der Waals surface area contributed by atoms with Gasteiger partial charge < -0.3 is 4.74 Å². The van der Waals surface area contributed by atoms with E-state index in [1.165, 1.54) is 11.1 Å². The van der Waals surface area contributed by atoms with Gasteiger partial charge in [-0.1, -0.05) is 56.0 Å². The number of halogens is 2. The average molecular weight is 575 g/mol. The number of hydrogen-bond donors (Lipinski definition) is 0. The Morgan fingerprint density at radius 2 is 1.88 bits per heavy atom. The summed E-state index contributed by atoms with van der Waals surface area (Å²) in [5.74, 6) is 1.80. The average Bonchev–Trinajstić information content (AvgIpc) is 2.78. The minimum atomic E-state index is -0.137. The summed E-state index contributed by atoms with van der Waals surface area (Å²) < 4.78 is 9.15. The molecular weight excluding hydrogens is 546 g/mol. The van der Waals surface area contributed by atoms with Gasteiger partial charge in [-0.3, -0.25) is 4.79 Å². The molecule has 7 heteroatoms. The van der Waals surface area contributed by atoms with Crippen LogP contribution in [0.2, 0.25) is 0 Å². The van der Waals surface area contributed by atoms with E-state index in [2.05, 4.69) is 57.7 Å². The Bertz CT molecular complexity index is 1240. The number of ether oxygens (including phenoxy) is 1. The van der Waals surface area contributed by atoms with Crippen LogP contribution in [-0.2, 0) is 0 Å². The summed E-state index contributed by atoms with van der Waals surface area (Å²) in [7, 11) is 0. The molecule has 0 unspecified atom stereocenters. The van der Waals surface area contributed by atoms with Crippen molar-refractivity contribution in [3.63, 3.8) is 0 Å². The predicted molar refractivity (Wildman–Crippen MR) is 142 cm³/mol. The maximum atomic E-state index is 13.4. The van der Waals surface area contributed by atoms with Crippen molar-refractivity contribution in [3.8, 4) is 5.75 Å². The van der Waals surface area contributed by atoms with Gasteiger partial charge in [0.1, 0.15) is 11.6 Å². The zero-order valence-corrected chi connectivity index (χ0v) is 22.4. The van der Waals surface area contributed by atoms with Crippen molar-refractivity contribution in [3.05, 3.63) is 67.1 Å². The van der Waals surface area contributed by atoms with Crippen molar-refractivity contribution < 1.29 is 4.74 Å². The maximum absolute atomic E-state index is 13.4. The van der Waals surface area contributed by atoms with Crippen LogP contribution in [-0.4, -0.2) is 22.5 Å². The molecule has 0 radical (unpaired) electrons. The SMILES string of the molecule is CC(C)(C)COc1ccc(C=Nn2c(C3CCCCC3)nc3ccc(Br)cc3c2=O)cc1Br. The lowest BCUT2D eigenvalue weighted by molar-refractivity contribution is 0.197. The molecule has 2 aromatic carbocycles. The Kier molecular flexibility index (Phi) is 7.39. The van der Waals surface area contributed by atoms with Gasteiger partial charge in [0, 0.05) is 10.4 Å². The lowest BCUT2D eigenvalue weighted by Gasteiger charge is -2.22. The maximum Gasteiger partial charge on any atom is 0.282 e. The normalized spacial score (nSPS) is 15.4. The highest BCUT2D eigenvalue weighted by Gasteiger charge is 2.22. The molecule has 1 heterocycles. The van der Waals surface area contributed by atoms with Crippen LogP contribution >= 0.6 is 31.9 Å². The van der Waals surface area contributed by atoms with E-state index in [-0.39, 0.29) is 16.9 Å². The van der Waals surface area contributed by atoms with Crippen LogP contribution in [0.5, 0.6) is 5.75 Å². The first-order chi connectivity index (χ1) is 15.7. The lowest BCUT2D eigenvalue weighted by Crippen LogP contribution is -2.25. The third kappa shape index (κ3) is 5.93. The van der Waals surface area contributed by atoms with E-state index in [4.69, 9.17) is 9.72 Å². The Morgan fingerprint density at radius 1 is 1.12 bits per heavy atom. The third-order valence-corrected chi connectivity index (χ3v) is 6.86. The van der Waals surface area contributed by atoms with Crippen molar-refractivity contribution in [1.29, 1.82) is 0 Å². The van der Waals surface area contributed by atoms with Gasteiger partial charge in [0.05, 0.1) is 28.2 Å². The fourth-order valence-corrected chi connectivity index (χ4v) is 4.91. The van der Waals surface area contributed by atoms with Crippen LogP contribution < -0.4 is 10.3 Å². The summed E-state index contributed by atoms with van der Waals surface area (Å²) in [6, 6.07) is 11.5. The van der Waals surface area contributed by atoms with Crippen LogP contribution in [0.3, 0.4) is 0 Å². The number of aromatic nitrogens is 2. The molecule has 1 aliphatic rings. The zero-order chi connectivity index (χ0) is 23.6. The molecule has 33 heavy (non-hydrogen) atoms. The Balaban J connectivity index is 1.70. The van der Waals surface area contributed by atoms with Crippen LogP contribution in [0.15, 0.2) is 55.2 Å². The first-order valence-corrected chi connectivity index (χ1v) is 13.0. The Hall–Kier alpha value is -1.99. The number of rotatable bonds is 5. The van der Waals surface area contributed by atoms with Crippen molar-refractivity contribution in [2.45, 2.75) is 58.8 Å². The molecule has 5 nitrogen and oxygen atoms in total. The zero-order valence-electron chi connectivity index (χ0n) is 19.3. The molecule has 174 valence electrons. The van der Waals surface area contributed by atoms with E-state index in [0.29, 0.717) is 12.0 Å². The second-order valence-corrected chi connectivity index (χ2v) is 11.6. The molecule has 0 bridgehead atoms. The first-order valence-electron chi connectivity index (χ1n) is 11.4. The van der Waals surface area contributed by atoms with Gasteiger partial charge in [-0.2, -0.15) is 9.78 Å². The minimum absolute atomic E-state index is 0.0777. The molecule has 3 aromatic rings. The van der Waals surface area contributed by atoms with E-state index >= 15 is 0 Å². The van der Waals surface area contributed by atoms with E-state index in [1.54, 1.807) is 6.21 Å². The van der Waals surface area contributed by atoms with Crippen molar-refractivity contribution in [2.75, 3.05) is 6.61 Å². The molecule has 0 spiro atoms. The molecule has 1 aliphatic carbocycles. The summed E-state index contributed by atoms with van der Waals surface area (Å²) in [4.78, 5) is 18.3. The van der Waals surface area contributed by atoms with Crippen molar-refractivity contribution in [1.82, 2.24) is 9.66 Å². The summed E-state index contributed by atoms with van der Waals surface area (Å²) in [6.45, 7) is 7.04.